The van der Waals surface area contributed by atoms with Crippen molar-refractivity contribution in [1.82, 2.24) is 19.4 Å². The standard InChI is InChI=1S/C21H22N4O2S/c1-4-24-16-11-10-14(12-17(16)25(5-2)21(24)27)19(26)22-13(3)20-23-15-8-6-7-9-18(15)28-20/h6-13H,4-5H2,1-3H3,(H,22,26)/t13-/m0/s1. The van der Waals surface area contributed by atoms with Crippen molar-refractivity contribution in [2.24, 2.45) is 0 Å². The zero-order valence-corrected chi connectivity index (χ0v) is 16.9. The maximum absolute atomic E-state index is 12.8. The molecule has 7 heteroatoms. The van der Waals surface area contributed by atoms with Crippen molar-refractivity contribution < 1.29 is 4.79 Å². The lowest BCUT2D eigenvalue weighted by Gasteiger charge is -2.11. The van der Waals surface area contributed by atoms with Crippen LogP contribution in [0.25, 0.3) is 21.3 Å². The maximum Gasteiger partial charge on any atom is 0.329 e. The third kappa shape index (κ3) is 3.01. The predicted octanol–water partition coefficient (Wildman–Crippen LogP) is 3.94. The van der Waals surface area contributed by atoms with E-state index in [9.17, 15) is 9.59 Å². The molecule has 6 nitrogen and oxygen atoms in total. The lowest BCUT2D eigenvalue weighted by Crippen LogP contribution is -2.26. The maximum atomic E-state index is 12.8. The van der Waals surface area contributed by atoms with Crippen LogP contribution in [0.1, 0.15) is 42.2 Å². The fourth-order valence-corrected chi connectivity index (χ4v) is 4.46. The molecule has 2 aromatic carbocycles. The number of hydrogen-bond acceptors (Lipinski definition) is 4. The van der Waals surface area contributed by atoms with Crippen LogP contribution in [0.2, 0.25) is 0 Å². The zero-order valence-electron chi connectivity index (χ0n) is 16.1. The Morgan fingerprint density at radius 3 is 2.54 bits per heavy atom. The Morgan fingerprint density at radius 1 is 1.11 bits per heavy atom. The SMILES string of the molecule is CCn1c(=O)n(CC)c2cc(C(=O)N[C@@H](C)c3nc4ccccc4s3)ccc21. The van der Waals surface area contributed by atoms with Crippen molar-refractivity contribution in [2.45, 2.75) is 39.9 Å². The lowest BCUT2D eigenvalue weighted by atomic mass is 10.1. The van der Waals surface area contributed by atoms with E-state index in [0.717, 1.165) is 26.3 Å². The number of hydrogen-bond donors (Lipinski definition) is 1. The Labute approximate surface area is 166 Å². The highest BCUT2D eigenvalue weighted by Gasteiger charge is 2.17. The minimum Gasteiger partial charge on any atom is -0.343 e. The average molecular weight is 395 g/mol. The van der Waals surface area contributed by atoms with Gasteiger partial charge < -0.3 is 5.32 Å². The number of aromatic nitrogens is 3. The van der Waals surface area contributed by atoms with Gasteiger partial charge in [0.2, 0.25) is 0 Å². The Bertz CT molecular complexity index is 1200. The molecule has 1 atom stereocenters. The topological polar surface area (TPSA) is 68.9 Å². The monoisotopic (exact) mass is 394 g/mol. The molecule has 0 fully saturated rings. The van der Waals surface area contributed by atoms with Gasteiger partial charge in [0, 0.05) is 18.7 Å². The van der Waals surface area contributed by atoms with E-state index in [0.29, 0.717) is 18.7 Å². The van der Waals surface area contributed by atoms with Gasteiger partial charge in [0.1, 0.15) is 5.01 Å². The summed E-state index contributed by atoms with van der Waals surface area (Å²) >= 11 is 1.58. The van der Waals surface area contributed by atoms with Crippen molar-refractivity contribution in [1.29, 1.82) is 0 Å². The Kier molecular flexibility index (Phi) is 4.77. The van der Waals surface area contributed by atoms with Crippen LogP contribution in [0.5, 0.6) is 0 Å². The molecule has 0 aliphatic carbocycles. The van der Waals surface area contributed by atoms with Crippen molar-refractivity contribution in [3.8, 4) is 0 Å². The van der Waals surface area contributed by atoms with Crippen LogP contribution in [-0.2, 0) is 13.1 Å². The van der Waals surface area contributed by atoms with Gasteiger partial charge in [0.25, 0.3) is 5.91 Å². The number of para-hydroxylation sites is 1. The van der Waals surface area contributed by atoms with Crippen LogP contribution in [0, 0.1) is 0 Å². The van der Waals surface area contributed by atoms with Crippen LogP contribution in [-0.4, -0.2) is 20.0 Å². The Hall–Kier alpha value is -2.93. The number of thiazole rings is 1. The quantitative estimate of drug-likeness (QED) is 0.557. The van der Waals surface area contributed by atoms with Crippen molar-refractivity contribution in [3.63, 3.8) is 0 Å². The summed E-state index contributed by atoms with van der Waals surface area (Å²) in [5.41, 5.74) is 3.08. The summed E-state index contributed by atoms with van der Waals surface area (Å²) < 4.78 is 4.53. The van der Waals surface area contributed by atoms with Gasteiger partial charge in [-0.2, -0.15) is 0 Å². The summed E-state index contributed by atoms with van der Waals surface area (Å²) in [4.78, 5) is 29.9. The minimum atomic E-state index is -0.200. The average Bonchev–Trinajstić information content (AvgIpc) is 3.25. The van der Waals surface area contributed by atoms with E-state index < -0.39 is 0 Å². The largest absolute Gasteiger partial charge is 0.343 e. The highest BCUT2D eigenvalue weighted by atomic mass is 32.1. The van der Waals surface area contributed by atoms with Crippen LogP contribution in [0.3, 0.4) is 0 Å². The van der Waals surface area contributed by atoms with Crippen molar-refractivity contribution in [3.05, 3.63) is 63.5 Å². The Morgan fingerprint density at radius 2 is 1.82 bits per heavy atom. The number of amides is 1. The number of nitrogens with one attached hydrogen (secondary N) is 1. The molecule has 0 saturated heterocycles. The number of carbonyl (C=O) groups is 1. The van der Waals surface area contributed by atoms with Crippen LogP contribution < -0.4 is 11.0 Å². The highest BCUT2D eigenvalue weighted by Crippen LogP contribution is 2.26. The van der Waals surface area contributed by atoms with Crippen LogP contribution in [0.4, 0.5) is 0 Å². The molecule has 144 valence electrons. The van der Waals surface area contributed by atoms with Gasteiger partial charge in [0.05, 0.1) is 27.3 Å². The van der Waals surface area contributed by atoms with Crippen LogP contribution >= 0.6 is 11.3 Å². The second-order valence-electron chi connectivity index (χ2n) is 6.69. The number of aryl methyl sites for hydroxylation is 2. The number of rotatable bonds is 5. The summed E-state index contributed by atoms with van der Waals surface area (Å²) in [6.07, 6.45) is 0. The fraction of sp³-hybridized carbons (Fsp3) is 0.286. The van der Waals surface area contributed by atoms with E-state index in [2.05, 4.69) is 10.3 Å². The van der Waals surface area contributed by atoms with Gasteiger partial charge in [0.15, 0.2) is 0 Å². The molecule has 0 saturated carbocycles. The number of nitrogens with zero attached hydrogens (tertiary/aromatic N) is 3. The smallest absolute Gasteiger partial charge is 0.329 e. The third-order valence-electron chi connectivity index (χ3n) is 4.94. The van der Waals surface area contributed by atoms with E-state index in [-0.39, 0.29) is 17.6 Å². The molecule has 4 rings (SSSR count). The summed E-state index contributed by atoms with van der Waals surface area (Å²) in [5.74, 6) is -0.173. The molecule has 0 radical (unpaired) electrons. The molecule has 4 aromatic rings. The predicted molar refractivity (Wildman–Crippen MR) is 113 cm³/mol. The van der Waals surface area contributed by atoms with Gasteiger partial charge in [-0.25, -0.2) is 9.78 Å². The molecule has 2 aromatic heterocycles. The number of carbonyl (C=O) groups excluding carboxylic acids is 1. The molecule has 0 aliphatic heterocycles. The van der Waals surface area contributed by atoms with E-state index in [1.165, 1.54) is 0 Å². The number of fused-ring (bicyclic) bond motifs is 2. The summed E-state index contributed by atoms with van der Waals surface area (Å²) in [7, 11) is 0. The normalized spacial score (nSPS) is 12.5. The first-order valence-electron chi connectivity index (χ1n) is 9.42. The third-order valence-corrected chi connectivity index (χ3v) is 6.16. The van der Waals surface area contributed by atoms with Gasteiger partial charge in [-0.15, -0.1) is 11.3 Å². The molecular formula is C21H22N4O2S. The number of benzene rings is 2. The van der Waals surface area contributed by atoms with E-state index >= 15 is 0 Å². The summed E-state index contributed by atoms with van der Waals surface area (Å²) in [6.45, 7) is 6.98. The van der Waals surface area contributed by atoms with E-state index in [4.69, 9.17) is 0 Å². The van der Waals surface area contributed by atoms with Crippen LogP contribution in [0.15, 0.2) is 47.3 Å². The summed E-state index contributed by atoms with van der Waals surface area (Å²) in [6, 6.07) is 13.2. The molecule has 0 unspecified atom stereocenters. The van der Waals surface area contributed by atoms with Crippen molar-refractivity contribution in [2.75, 3.05) is 0 Å². The van der Waals surface area contributed by atoms with E-state index in [1.54, 1.807) is 32.6 Å². The minimum absolute atomic E-state index is 0.0413. The lowest BCUT2D eigenvalue weighted by molar-refractivity contribution is 0.0940. The van der Waals surface area contributed by atoms with Gasteiger partial charge in [-0.3, -0.25) is 13.9 Å². The van der Waals surface area contributed by atoms with Gasteiger partial charge >= 0.3 is 5.69 Å². The summed E-state index contributed by atoms with van der Waals surface area (Å²) in [5, 5.41) is 3.90. The molecule has 2 heterocycles. The second-order valence-corrected chi connectivity index (χ2v) is 7.75. The zero-order chi connectivity index (χ0) is 19.8. The van der Waals surface area contributed by atoms with E-state index in [1.807, 2.05) is 51.1 Å². The molecule has 28 heavy (non-hydrogen) atoms. The molecule has 1 N–H and O–H groups in total. The van der Waals surface area contributed by atoms with Crippen molar-refractivity contribution >= 4 is 38.5 Å². The van der Waals surface area contributed by atoms with Gasteiger partial charge in [-0.05, 0) is 51.1 Å². The fourth-order valence-electron chi connectivity index (χ4n) is 3.49. The number of imidazole rings is 1. The first-order chi connectivity index (χ1) is 13.5. The highest BCUT2D eigenvalue weighted by molar-refractivity contribution is 7.18. The molecule has 1 amide bonds. The second kappa shape index (κ2) is 7.24. The molecule has 0 aliphatic rings. The van der Waals surface area contributed by atoms with Gasteiger partial charge in [-0.1, -0.05) is 12.1 Å². The molecule has 0 spiro atoms. The Balaban J connectivity index is 1.64. The molecule has 0 bridgehead atoms. The molecular weight excluding hydrogens is 372 g/mol. The first kappa shape index (κ1) is 18.4. The first-order valence-corrected chi connectivity index (χ1v) is 10.2.